The Balaban J connectivity index is 0.000000704. The van der Waals surface area contributed by atoms with Gasteiger partial charge in [0.2, 0.25) is 0 Å². The summed E-state index contributed by atoms with van der Waals surface area (Å²) in [6.45, 7) is 7.74. The highest BCUT2D eigenvalue weighted by Gasteiger charge is 2.21. The summed E-state index contributed by atoms with van der Waals surface area (Å²) in [4.78, 5) is 0. The molecule has 1 heterocycles. The van der Waals surface area contributed by atoms with E-state index in [1.165, 1.54) is 24.0 Å². The van der Waals surface area contributed by atoms with Crippen molar-refractivity contribution in [1.29, 1.82) is 0 Å². The Labute approximate surface area is 121 Å². The van der Waals surface area contributed by atoms with Gasteiger partial charge < -0.3 is 4.74 Å². The van der Waals surface area contributed by atoms with Crippen molar-refractivity contribution in [1.82, 2.24) is 9.78 Å². The van der Waals surface area contributed by atoms with Gasteiger partial charge in [-0.15, -0.1) is 0 Å². The van der Waals surface area contributed by atoms with E-state index >= 15 is 0 Å². The molecule has 0 amide bonds. The quantitative estimate of drug-likeness (QED) is 0.821. The molecule has 0 saturated heterocycles. The number of ether oxygens (including phenoxy) is 1. The monoisotopic (exact) mass is 272 g/mol. The lowest BCUT2D eigenvalue weighted by molar-refractivity contribution is 0.299. The minimum absolute atomic E-state index is 0.803. The van der Waals surface area contributed by atoms with Gasteiger partial charge in [-0.1, -0.05) is 26.0 Å². The van der Waals surface area contributed by atoms with E-state index in [1.54, 1.807) is 0 Å². The smallest absolute Gasteiger partial charge is 0.119 e. The molecule has 0 bridgehead atoms. The normalized spacial score (nSPS) is 13.6. The fraction of sp³-hybridized carbons (Fsp3) is 0.471. The highest BCUT2D eigenvalue weighted by atomic mass is 16.5. The van der Waals surface area contributed by atoms with Gasteiger partial charge >= 0.3 is 0 Å². The standard InChI is InChI=1S/C15H18N2O.C2H6/c1-12-8-16-17(9-12)10-13-4-6-15(7-5-13)18-11-14-2-3-14;1-2/h4-9,14H,2-3,10-11H2,1H3;1-2H3. The highest BCUT2D eigenvalue weighted by molar-refractivity contribution is 5.27. The van der Waals surface area contributed by atoms with Gasteiger partial charge in [-0.05, 0) is 48.9 Å². The third-order valence-electron chi connectivity index (χ3n) is 3.21. The molecule has 1 aliphatic carbocycles. The minimum Gasteiger partial charge on any atom is -0.493 e. The molecule has 20 heavy (non-hydrogen) atoms. The zero-order valence-corrected chi connectivity index (χ0v) is 12.7. The Hall–Kier alpha value is -1.77. The largest absolute Gasteiger partial charge is 0.493 e. The highest BCUT2D eigenvalue weighted by Crippen LogP contribution is 2.29. The van der Waals surface area contributed by atoms with Gasteiger partial charge in [0, 0.05) is 6.20 Å². The van der Waals surface area contributed by atoms with E-state index in [1.807, 2.05) is 36.9 Å². The van der Waals surface area contributed by atoms with Crippen LogP contribution < -0.4 is 4.74 Å². The van der Waals surface area contributed by atoms with Gasteiger partial charge in [0.25, 0.3) is 0 Å². The molecular formula is C17H24N2O. The maximum absolute atomic E-state index is 5.72. The topological polar surface area (TPSA) is 27.1 Å². The van der Waals surface area contributed by atoms with Crippen molar-refractivity contribution >= 4 is 0 Å². The predicted octanol–water partition coefficient (Wildman–Crippen LogP) is 4.05. The molecule has 1 fully saturated rings. The molecule has 3 rings (SSSR count). The zero-order valence-electron chi connectivity index (χ0n) is 12.7. The van der Waals surface area contributed by atoms with Crippen LogP contribution in [0.15, 0.2) is 36.7 Å². The molecule has 1 aromatic heterocycles. The van der Waals surface area contributed by atoms with Crippen LogP contribution in [0.2, 0.25) is 0 Å². The van der Waals surface area contributed by atoms with Gasteiger partial charge in [-0.25, -0.2) is 0 Å². The number of aryl methyl sites for hydroxylation is 1. The van der Waals surface area contributed by atoms with Crippen LogP contribution in [0.1, 0.15) is 37.8 Å². The van der Waals surface area contributed by atoms with E-state index < -0.39 is 0 Å². The zero-order chi connectivity index (χ0) is 14.4. The first-order valence-electron chi connectivity index (χ1n) is 7.50. The molecule has 0 spiro atoms. The molecule has 1 saturated carbocycles. The van der Waals surface area contributed by atoms with Crippen molar-refractivity contribution in [3.05, 3.63) is 47.8 Å². The molecule has 3 heteroatoms. The summed E-state index contributed by atoms with van der Waals surface area (Å²) in [6.07, 6.45) is 6.60. The molecule has 2 aromatic rings. The number of nitrogens with zero attached hydrogens (tertiary/aromatic N) is 2. The van der Waals surface area contributed by atoms with Gasteiger partial charge in [0.1, 0.15) is 5.75 Å². The summed E-state index contributed by atoms with van der Waals surface area (Å²) < 4.78 is 7.67. The molecule has 0 unspecified atom stereocenters. The molecule has 0 aliphatic heterocycles. The molecule has 0 radical (unpaired) electrons. The first-order chi connectivity index (χ1) is 9.79. The Morgan fingerprint density at radius 2 is 1.90 bits per heavy atom. The van der Waals surface area contributed by atoms with Gasteiger partial charge in [-0.2, -0.15) is 5.10 Å². The first kappa shape index (κ1) is 14.6. The summed E-state index contributed by atoms with van der Waals surface area (Å²) in [5.41, 5.74) is 2.44. The lowest BCUT2D eigenvalue weighted by Gasteiger charge is -2.06. The Kier molecular flexibility index (Phi) is 5.22. The van der Waals surface area contributed by atoms with E-state index in [4.69, 9.17) is 4.74 Å². The van der Waals surface area contributed by atoms with Crippen molar-refractivity contribution in [2.75, 3.05) is 6.61 Å². The molecule has 3 nitrogen and oxygen atoms in total. The van der Waals surface area contributed by atoms with Gasteiger partial charge in [0.15, 0.2) is 0 Å². The van der Waals surface area contributed by atoms with Crippen LogP contribution in [0.3, 0.4) is 0 Å². The number of hydrogen-bond acceptors (Lipinski definition) is 2. The van der Waals surface area contributed by atoms with Crippen molar-refractivity contribution in [3.63, 3.8) is 0 Å². The number of hydrogen-bond donors (Lipinski definition) is 0. The Morgan fingerprint density at radius 1 is 1.20 bits per heavy atom. The summed E-state index contributed by atoms with van der Waals surface area (Å²) in [6, 6.07) is 8.32. The van der Waals surface area contributed by atoms with Crippen molar-refractivity contribution in [3.8, 4) is 5.75 Å². The van der Waals surface area contributed by atoms with Crippen molar-refractivity contribution < 1.29 is 4.74 Å². The lowest BCUT2D eigenvalue weighted by atomic mass is 10.2. The third kappa shape index (κ3) is 4.41. The Bertz CT molecular complexity index is 512. The van der Waals surface area contributed by atoms with Crippen LogP contribution in [0.5, 0.6) is 5.75 Å². The van der Waals surface area contributed by atoms with Crippen LogP contribution in [0.25, 0.3) is 0 Å². The van der Waals surface area contributed by atoms with E-state index in [2.05, 4.69) is 30.4 Å². The summed E-state index contributed by atoms with van der Waals surface area (Å²) in [5.74, 6) is 1.78. The van der Waals surface area contributed by atoms with E-state index in [-0.39, 0.29) is 0 Å². The van der Waals surface area contributed by atoms with Crippen molar-refractivity contribution in [2.24, 2.45) is 5.92 Å². The summed E-state index contributed by atoms with van der Waals surface area (Å²) in [7, 11) is 0. The summed E-state index contributed by atoms with van der Waals surface area (Å²) >= 11 is 0. The molecule has 0 atom stereocenters. The summed E-state index contributed by atoms with van der Waals surface area (Å²) in [5, 5.41) is 4.29. The van der Waals surface area contributed by atoms with Crippen LogP contribution in [-0.4, -0.2) is 16.4 Å². The lowest BCUT2D eigenvalue weighted by Crippen LogP contribution is -2.01. The fourth-order valence-electron chi connectivity index (χ4n) is 1.93. The number of benzene rings is 1. The molecule has 1 aromatic carbocycles. The first-order valence-corrected chi connectivity index (χ1v) is 7.50. The van der Waals surface area contributed by atoms with Crippen molar-refractivity contribution in [2.45, 2.75) is 40.2 Å². The maximum Gasteiger partial charge on any atom is 0.119 e. The predicted molar refractivity (Wildman–Crippen MR) is 82.1 cm³/mol. The van der Waals surface area contributed by atoms with Gasteiger partial charge in [-0.3, -0.25) is 4.68 Å². The third-order valence-corrected chi connectivity index (χ3v) is 3.21. The van der Waals surface area contributed by atoms with E-state index in [9.17, 15) is 0 Å². The van der Waals surface area contributed by atoms with E-state index in [0.29, 0.717) is 0 Å². The number of rotatable bonds is 5. The van der Waals surface area contributed by atoms with Crippen LogP contribution in [0, 0.1) is 12.8 Å². The second-order valence-corrected chi connectivity index (χ2v) is 5.11. The average molecular weight is 272 g/mol. The fourth-order valence-corrected chi connectivity index (χ4v) is 1.93. The van der Waals surface area contributed by atoms with Crippen LogP contribution >= 0.6 is 0 Å². The van der Waals surface area contributed by atoms with E-state index in [0.717, 1.165) is 24.8 Å². The minimum atomic E-state index is 0.803. The SMILES string of the molecule is CC.Cc1cnn(Cc2ccc(OCC3CC3)cc2)c1. The van der Waals surface area contributed by atoms with Gasteiger partial charge in [0.05, 0.1) is 19.3 Å². The van der Waals surface area contributed by atoms with Crippen LogP contribution in [0.4, 0.5) is 0 Å². The average Bonchev–Trinajstić information content (AvgIpc) is 3.23. The second kappa shape index (κ2) is 7.13. The molecule has 0 N–H and O–H groups in total. The Morgan fingerprint density at radius 3 is 2.45 bits per heavy atom. The van der Waals surface area contributed by atoms with Crippen LogP contribution in [-0.2, 0) is 6.54 Å². The molecule has 108 valence electrons. The maximum atomic E-state index is 5.72. The second-order valence-electron chi connectivity index (χ2n) is 5.11. The number of aromatic nitrogens is 2. The molecular weight excluding hydrogens is 248 g/mol. The molecule has 1 aliphatic rings.